The van der Waals surface area contributed by atoms with E-state index in [-0.39, 0.29) is 23.4 Å². The fourth-order valence-corrected chi connectivity index (χ4v) is 3.63. The molecular formula is C24H27FN2O5. The second-order valence-corrected chi connectivity index (χ2v) is 7.18. The van der Waals surface area contributed by atoms with Crippen LogP contribution in [0.1, 0.15) is 11.1 Å². The third kappa shape index (κ3) is 4.81. The van der Waals surface area contributed by atoms with Gasteiger partial charge >= 0.3 is 0 Å². The number of hydrogen-bond acceptors (Lipinski definition) is 6. The van der Waals surface area contributed by atoms with Crippen molar-refractivity contribution in [2.45, 2.75) is 6.54 Å². The molecule has 170 valence electrons. The first-order chi connectivity index (χ1) is 15.5. The average Bonchev–Trinajstić information content (AvgIpc) is 3.05. The quantitative estimate of drug-likeness (QED) is 0.499. The van der Waals surface area contributed by atoms with Gasteiger partial charge in [-0.05, 0) is 12.1 Å². The summed E-state index contributed by atoms with van der Waals surface area (Å²) in [7, 11) is 4.64. The zero-order chi connectivity index (χ0) is 23.1. The number of nitrogens with zero attached hydrogens (tertiary/aromatic N) is 2. The summed E-state index contributed by atoms with van der Waals surface area (Å²) in [6.07, 6.45) is 0. The van der Waals surface area contributed by atoms with Crippen LogP contribution in [0.2, 0.25) is 0 Å². The summed E-state index contributed by atoms with van der Waals surface area (Å²) in [6, 6.07) is 13.1. The Balaban J connectivity index is 2.10. The summed E-state index contributed by atoms with van der Waals surface area (Å²) in [6.45, 7) is 1.28. The third-order valence-electron chi connectivity index (χ3n) is 5.25. The van der Waals surface area contributed by atoms with Gasteiger partial charge in [-0.1, -0.05) is 36.4 Å². The number of para-hydroxylation sites is 1. The van der Waals surface area contributed by atoms with Crippen LogP contribution in [0.5, 0.6) is 5.75 Å². The molecule has 32 heavy (non-hydrogen) atoms. The van der Waals surface area contributed by atoms with E-state index in [2.05, 4.69) is 0 Å². The highest BCUT2D eigenvalue weighted by Gasteiger charge is 2.42. The van der Waals surface area contributed by atoms with E-state index in [9.17, 15) is 14.0 Å². The molecule has 3 rings (SSSR count). The van der Waals surface area contributed by atoms with Crippen molar-refractivity contribution in [3.05, 3.63) is 71.2 Å². The van der Waals surface area contributed by atoms with Crippen LogP contribution in [0.4, 0.5) is 4.39 Å². The molecule has 0 radical (unpaired) electrons. The Morgan fingerprint density at radius 3 is 2.12 bits per heavy atom. The Morgan fingerprint density at radius 2 is 1.50 bits per heavy atom. The van der Waals surface area contributed by atoms with Crippen molar-refractivity contribution in [1.82, 2.24) is 9.80 Å². The standard InChI is InChI=1S/C24H27FN2O5/c1-30-14-12-26(13-15-31-2)22-21(18-9-5-7-11-20(18)32-3)23(28)27(24(22)29)16-17-8-4-6-10-19(17)25/h4-11H,12-16H2,1-3H3. The third-order valence-corrected chi connectivity index (χ3v) is 5.25. The molecule has 0 aliphatic carbocycles. The van der Waals surface area contributed by atoms with Crippen LogP contribution in [-0.4, -0.2) is 69.2 Å². The maximum Gasteiger partial charge on any atom is 0.278 e. The highest BCUT2D eigenvalue weighted by Crippen LogP contribution is 2.36. The second-order valence-electron chi connectivity index (χ2n) is 7.18. The molecule has 0 unspecified atom stereocenters. The first-order valence-electron chi connectivity index (χ1n) is 10.2. The second kappa shape index (κ2) is 10.9. The Labute approximate surface area is 187 Å². The average molecular weight is 442 g/mol. The van der Waals surface area contributed by atoms with Gasteiger partial charge in [0.05, 0.1) is 32.4 Å². The lowest BCUT2D eigenvalue weighted by Gasteiger charge is -2.26. The van der Waals surface area contributed by atoms with Crippen molar-refractivity contribution in [2.75, 3.05) is 47.6 Å². The van der Waals surface area contributed by atoms with Gasteiger partial charge in [0.25, 0.3) is 11.8 Å². The number of ether oxygens (including phenoxy) is 3. The number of hydrogen-bond donors (Lipinski definition) is 0. The fourth-order valence-electron chi connectivity index (χ4n) is 3.63. The molecule has 1 aliphatic heterocycles. The molecule has 0 saturated carbocycles. The molecule has 2 aromatic carbocycles. The molecule has 0 fully saturated rings. The van der Waals surface area contributed by atoms with Crippen LogP contribution < -0.4 is 4.74 Å². The summed E-state index contributed by atoms with van der Waals surface area (Å²) >= 11 is 0. The van der Waals surface area contributed by atoms with Crippen molar-refractivity contribution in [3.63, 3.8) is 0 Å². The molecule has 0 aromatic heterocycles. The molecule has 0 bridgehead atoms. The van der Waals surface area contributed by atoms with E-state index in [0.717, 1.165) is 4.90 Å². The molecule has 8 heteroatoms. The number of rotatable bonds is 11. The minimum Gasteiger partial charge on any atom is -0.496 e. The highest BCUT2D eigenvalue weighted by atomic mass is 19.1. The predicted octanol–water partition coefficient (Wildman–Crippen LogP) is 2.71. The number of amides is 2. The Bertz CT molecular complexity index is 999. The zero-order valence-corrected chi connectivity index (χ0v) is 18.5. The predicted molar refractivity (Wildman–Crippen MR) is 117 cm³/mol. The summed E-state index contributed by atoms with van der Waals surface area (Å²) < 4.78 is 30.2. The number of carbonyl (C=O) groups is 2. The van der Waals surface area contributed by atoms with Crippen molar-refractivity contribution < 1.29 is 28.2 Å². The number of carbonyl (C=O) groups excluding carboxylic acids is 2. The zero-order valence-electron chi connectivity index (χ0n) is 18.5. The lowest BCUT2D eigenvalue weighted by atomic mass is 10.0. The van der Waals surface area contributed by atoms with Gasteiger partial charge in [0.15, 0.2) is 0 Å². The van der Waals surface area contributed by atoms with E-state index in [1.54, 1.807) is 61.6 Å². The summed E-state index contributed by atoms with van der Waals surface area (Å²) in [4.78, 5) is 29.9. The van der Waals surface area contributed by atoms with Gasteiger partial charge in [0.2, 0.25) is 0 Å². The van der Waals surface area contributed by atoms with E-state index < -0.39 is 17.6 Å². The number of imide groups is 1. The van der Waals surface area contributed by atoms with Crippen molar-refractivity contribution in [2.24, 2.45) is 0 Å². The van der Waals surface area contributed by atoms with Crippen LogP contribution in [0.25, 0.3) is 5.57 Å². The topological polar surface area (TPSA) is 68.3 Å². The molecule has 0 spiro atoms. The van der Waals surface area contributed by atoms with Gasteiger partial charge in [0, 0.05) is 38.4 Å². The Hall–Kier alpha value is -3.23. The van der Waals surface area contributed by atoms with Crippen LogP contribution in [0.3, 0.4) is 0 Å². The molecular weight excluding hydrogens is 415 g/mol. The lowest BCUT2D eigenvalue weighted by molar-refractivity contribution is -0.138. The van der Waals surface area contributed by atoms with E-state index in [1.807, 2.05) is 0 Å². The lowest BCUT2D eigenvalue weighted by Crippen LogP contribution is -2.37. The number of halogens is 1. The maximum absolute atomic E-state index is 14.3. The van der Waals surface area contributed by atoms with Crippen LogP contribution in [0.15, 0.2) is 54.2 Å². The van der Waals surface area contributed by atoms with Crippen LogP contribution >= 0.6 is 0 Å². The summed E-state index contributed by atoms with van der Waals surface area (Å²) in [5.74, 6) is -1.01. The van der Waals surface area contributed by atoms with E-state index >= 15 is 0 Å². The van der Waals surface area contributed by atoms with E-state index in [4.69, 9.17) is 14.2 Å². The number of benzene rings is 2. The van der Waals surface area contributed by atoms with Gasteiger partial charge in [-0.2, -0.15) is 0 Å². The molecule has 2 aromatic rings. The molecule has 0 N–H and O–H groups in total. The molecule has 2 amide bonds. The van der Waals surface area contributed by atoms with Gasteiger partial charge in [-0.3, -0.25) is 14.5 Å². The first kappa shape index (κ1) is 23.4. The molecule has 0 atom stereocenters. The maximum atomic E-state index is 14.3. The first-order valence-corrected chi connectivity index (χ1v) is 10.2. The van der Waals surface area contributed by atoms with Crippen LogP contribution in [-0.2, 0) is 25.6 Å². The van der Waals surface area contributed by atoms with Crippen LogP contribution in [0, 0.1) is 5.82 Å². The smallest absolute Gasteiger partial charge is 0.278 e. The highest BCUT2D eigenvalue weighted by molar-refractivity contribution is 6.35. The normalized spacial score (nSPS) is 13.8. The van der Waals surface area contributed by atoms with Gasteiger partial charge in [-0.25, -0.2) is 4.39 Å². The summed E-state index contributed by atoms with van der Waals surface area (Å²) in [5.41, 5.74) is 1.20. The van der Waals surface area contributed by atoms with Gasteiger partial charge in [0.1, 0.15) is 17.3 Å². The SMILES string of the molecule is COCCN(CCOC)C1=C(c2ccccc2OC)C(=O)N(Cc2ccccc2F)C1=O. The van der Waals surface area contributed by atoms with Crippen molar-refractivity contribution in [3.8, 4) is 5.75 Å². The Morgan fingerprint density at radius 1 is 0.875 bits per heavy atom. The minimum atomic E-state index is -0.502. The number of methoxy groups -OCH3 is 3. The van der Waals surface area contributed by atoms with Gasteiger partial charge in [-0.15, -0.1) is 0 Å². The monoisotopic (exact) mass is 442 g/mol. The van der Waals surface area contributed by atoms with E-state index in [1.165, 1.54) is 13.2 Å². The Kier molecular flexibility index (Phi) is 7.97. The van der Waals surface area contributed by atoms with E-state index in [0.29, 0.717) is 37.6 Å². The van der Waals surface area contributed by atoms with Crippen molar-refractivity contribution in [1.29, 1.82) is 0 Å². The molecule has 1 aliphatic rings. The molecule has 1 heterocycles. The molecule has 0 saturated heterocycles. The largest absolute Gasteiger partial charge is 0.496 e. The van der Waals surface area contributed by atoms with Gasteiger partial charge < -0.3 is 19.1 Å². The van der Waals surface area contributed by atoms with Crippen molar-refractivity contribution >= 4 is 17.4 Å². The fraction of sp³-hybridized carbons (Fsp3) is 0.333. The molecule has 7 nitrogen and oxygen atoms in total. The minimum absolute atomic E-state index is 0.172. The summed E-state index contributed by atoms with van der Waals surface area (Å²) in [5, 5.41) is 0.